The first-order valence-corrected chi connectivity index (χ1v) is 8.85. The van der Waals surface area contributed by atoms with Crippen LogP contribution in [0, 0.1) is 0 Å². The maximum absolute atomic E-state index is 12.4. The highest BCUT2D eigenvalue weighted by Crippen LogP contribution is 2.33. The molecule has 0 bridgehead atoms. The van der Waals surface area contributed by atoms with Crippen molar-refractivity contribution in [2.45, 2.75) is 57.4 Å². The molecule has 0 radical (unpaired) electrons. The van der Waals surface area contributed by atoms with Crippen LogP contribution in [0.15, 0.2) is 4.79 Å². The number of hydrogen-bond acceptors (Lipinski definition) is 4. The Morgan fingerprint density at radius 1 is 1.32 bits per heavy atom. The third-order valence-electron chi connectivity index (χ3n) is 4.41. The molecule has 2 aliphatic carbocycles. The van der Waals surface area contributed by atoms with Crippen LogP contribution in [0.4, 0.5) is 0 Å². The molecule has 2 aromatic heterocycles. The molecule has 0 aliphatic heterocycles. The van der Waals surface area contributed by atoms with Gasteiger partial charge in [0.2, 0.25) is 5.91 Å². The van der Waals surface area contributed by atoms with Gasteiger partial charge in [0.25, 0.3) is 5.56 Å². The zero-order valence-electron chi connectivity index (χ0n) is 12.4. The Labute approximate surface area is 132 Å². The Morgan fingerprint density at radius 3 is 2.95 bits per heavy atom. The van der Waals surface area contributed by atoms with Gasteiger partial charge in [-0.25, -0.2) is 4.98 Å². The highest BCUT2D eigenvalue weighted by molar-refractivity contribution is 7.18. The van der Waals surface area contributed by atoms with E-state index in [4.69, 9.17) is 0 Å². The van der Waals surface area contributed by atoms with Crippen molar-refractivity contribution in [3.05, 3.63) is 26.6 Å². The van der Waals surface area contributed by atoms with Gasteiger partial charge in [0.1, 0.15) is 10.7 Å². The summed E-state index contributed by atoms with van der Waals surface area (Å²) in [6, 6.07) is 0.381. The molecule has 6 heteroatoms. The molecule has 1 fully saturated rings. The van der Waals surface area contributed by atoms with Crippen LogP contribution in [0.3, 0.4) is 0 Å². The monoisotopic (exact) mass is 317 g/mol. The van der Waals surface area contributed by atoms with Gasteiger partial charge in [-0.2, -0.15) is 0 Å². The molecule has 4 rings (SSSR count). The maximum Gasteiger partial charge on any atom is 0.259 e. The molecular weight excluding hydrogens is 298 g/mol. The third kappa shape index (κ3) is 2.67. The van der Waals surface area contributed by atoms with Crippen molar-refractivity contribution in [2.24, 2.45) is 0 Å². The smallest absolute Gasteiger partial charge is 0.259 e. The van der Waals surface area contributed by atoms with Crippen LogP contribution in [0.2, 0.25) is 0 Å². The van der Waals surface area contributed by atoms with E-state index in [1.807, 2.05) is 0 Å². The second-order valence-electron chi connectivity index (χ2n) is 6.25. The molecule has 22 heavy (non-hydrogen) atoms. The van der Waals surface area contributed by atoms with Crippen molar-refractivity contribution in [1.82, 2.24) is 15.3 Å². The molecule has 0 aromatic carbocycles. The third-order valence-corrected chi connectivity index (χ3v) is 5.59. The van der Waals surface area contributed by atoms with E-state index in [1.54, 1.807) is 11.3 Å². The number of carbonyl (C=O) groups is 1. The number of hydrogen-bond donors (Lipinski definition) is 2. The van der Waals surface area contributed by atoms with Crippen LogP contribution in [-0.2, 0) is 24.1 Å². The van der Waals surface area contributed by atoms with E-state index in [0.717, 1.165) is 42.3 Å². The number of rotatable bonds is 4. The van der Waals surface area contributed by atoms with Crippen molar-refractivity contribution in [3.63, 3.8) is 0 Å². The first-order chi connectivity index (χ1) is 10.7. The summed E-state index contributed by atoms with van der Waals surface area (Å²) in [7, 11) is 0. The summed E-state index contributed by atoms with van der Waals surface area (Å²) in [5, 5.41) is 3.74. The minimum Gasteiger partial charge on any atom is -0.353 e. The number of amides is 1. The van der Waals surface area contributed by atoms with Crippen LogP contribution in [0.25, 0.3) is 10.2 Å². The number of aromatic nitrogens is 2. The normalized spacial score (nSPS) is 17.5. The number of aromatic amines is 1. The fraction of sp³-hybridized carbons (Fsp3) is 0.562. The Morgan fingerprint density at radius 2 is 2.14 bits per heavy atom. The molecule has 1 amide bonds. The fourth-order valence-electron chi connectivity index (χ4n) is 3.09. The van der Waals surface area contributed by atoms with Crippen molar-refractivity contribution < 1.29 is 4.79 Å². The van der Waals surface area contributed by atoms with E-state index in [1.165, 1.54) is 16.9 Å². The van der Waals surface area contributed by atoms with E-state index in [0.29, 0.717) is 24.7 Å². The molecule has 1 saturated carbocycles. The molecule has 2 heterocycles. The number of nitrogens with zero attached hydrogens (tertiary/aromatic N) is 1. The molecule has 2 N–H and O–H groups in total. The van der Waals surface area contributed by atoms with E-state index in [-0.39, 0.29) is 11.5 Å². The fourth-order valence-corrected chi connectivity index (χ4v) is 4.37. The topological polar surface area (TPSA) is 74.8 Å². The van der Waals surface area contributed by atoms with Crippen LogP contribution in [0.5, 0.6) is 0 Å². The van der Waals surface area contributed by atoms with Crippen LogP contribution in [-0.4, -0.2) is 21.9 Å². The molecular formula is C16H19N3O2S. The Kier molecular flexibility index (Phi) is 3.48. The zero-order chi connectivity index (χ0) is 15.1. The van der Waals surface area contributed by atoms with Crippen LogP contribution in [0.1, 0.15) is 48.4 Å². The van der Waals surface area contributed by atoms with Crippen molar-refractivity contribution >= 4 is 27.5 Å². The molecule has 0 spiro atoms. The quantitative estimate of drug-likeness (QED) is 0.906. The number of nitrogens with one attached hydrogen (secondary N) is 2. The number of H-pyrrole nitrogens is 1. The molecule has 0 atom stereocenters. The van der Waals surface area contributed by atoms with Crippen molar-refractivity contribution in [3.8, 4) is 0 Å². The van der Waals surface area contributed by atoms with Gasteiger partial charge < -0.3 is 10.3 Å². The summed E-state index contributed by atoms with van der Waals surface area (Å²) >= 11 is 1.65. The highest BCUT2D eigenvalue weighted by Gasteiger charge is 2.23. The van der Waals surface area contributed by atoms with E-state index in [2.05, 4.69) is 15.3 Å². The largest absolute Gasteiger partial charge is 0.353 e. The highest BCUT2D eigenvalue weighted by atomic mass is 32.1. The van der Waals surface area contributed by atoms with Gasteiger partial charge in [0.15, 0.2) is 0 Å². The summed E-state index contributed by atoms with van der Waals surface area (Å²) < 4.78 is 0. The Hall–Kier alpha value is -1.69. The molecule has 0 unspecified atom stereocenters. The summed E-state index contributed by atoms with van der Waals surface area (Å²) in [6.07, 6.45) is 7.47. The zero-order valence-corrected chi connectivity index (χ0v) is 13.2. The minimum absolute atomic E-state index is 0.0398. The van der Waals surface area contributed by atoms with Gasteiger partial charge in [-0.15, -0.1) is 11.3 Å². The lowest BCUT2D eigenvalue weighted by molar-refractivity contribution is -0.121. The number of thiophene rings is 1. The van der Waals surface area contributed by atoms with Crippen LogP contribution < -0.4 is 10.9 Å². The predicted octanol–water partition coefficient (Wildman–Crippen LogP) is 2.07. The van der Waals surface area contributed by atoms with Gasteiger partial charge >= 0.3 is 0 Å². The van der Waals surface area contributed by atoms with Crippen molar-refractivity contribution in [1.29, 1.82) is 0 Å². The molecule has 5 nitrogen and oxygen atoms in total. The van der Waals surface area contributed by atoms with Gasteiger partial charge in [-0.3, -0.25) is 9.59 Å². The predicted molar refractivity (Wildman–Crippen MR) is 86.4 cm³/mol. The van der Waals surface area contributed by atoms with Gasteiger partial charge in [0.05, 0.1) is 5.39 Å². The standard InChI is InChI=1S/C16H19N3O2S/c20-13(17-9-5-6-9)8-7-12-18-15(21)14-10-3-1-2-4-11(10)22-16(14)19-12/h9H,1-8H2,(H,17,20)(H,18,19,21). The first-order valence-electron chi connectivity index (χ1n) is 8.03. The second-order valence-corrected chi connectivity index (χ2v) is 7.33. The average Bonchev–Trinajstić information content (AvgIpc) is 3.22. The molecule has 0 saturated heterocycles. The maximum atomic E-state index is 12.4. The molecule has 2 aliphatic rings. The molecule has 116 valence electrons. The van der Waals surface area contributed by atoms with Crippen molar-refractivity contribution in [2.75, 3.05) is 0 Å². The summed E-state index contributed by atoms with van der Waals surface area (Å²) in [5.41, 5.74) is 1.17. The van der Waals surface area contributed by atoms with Gasteiger partial charge in [-0.1, -0.05) is 0 Å². The van der Waals surface area contributed by atoms with E-state index >= 15 is 0 Å². The Balaban J connectivity index is 1.57. The van der Waals surface area contributed by atoms with E-state index in [9.17, 15) is 9.59 Å². The molecule has 2 aromatic rings. The average molecular weight is 317 g/mol. The lowest BCUT2D eigenvalue weighted by atomic mass is 9.97. The second kappa shape index (κ2) is 5.50. The lowest BCUT2D eigenvalue weighted by Crippen LogP contribution is -2.26. The summed E-state index contributed by atoms with van der Waals surface area (Å²) in [6.45, 7) is 0. The summed E-state index contributed by atoms with van der Waals surface area (Å²) in [5.74, 6) is 0.678. The SMILES string of the molecule is O=C(CCc1nc2sc3c(c2c(=O)[nH]1)CCCC3)NC1CC1. The number of fused-ring (bicyclic) bond motifs is 3. The first kappa shape index (κ1) is 13.9. The number of carbonyl (C=O) groups excluding carboxylic acids is 1. The number of aryl methyl sites for hydroxylation is 3. The Bertz CT molecular complexity index is 789. The van der Waals surface area contributed by atoms with Crippen LogP contribution >= 0.6 is 11.3 Å². The van der Waals surface area contributed by atoms with Gasteiger partial charge in [-0.05, 0) is 44.1 Å². The summed E-state index contributed by atoms with van der Waals surface area (Å²) in [4.78, 5) is 33.7. The van der Waals surface area contributed by atoms with E-state index < -0.39 is 0 Å². The van der Waals surface area contributed by atoms with Gasteiger partial charge in [0, 0.05) is 23.8 Å². The minimum atomic E-state index is -0.0398. The lowest BCUT2D eigenvalue weighted by Gasteiger charge is -2.09.